The maximum absolute atomic E-state index is 11.5. The van der Waals surface area contributed by atoms with Gasteiger partial charge in [0.1, 0.15) is 0 Å². The summed E-state index contributed by atoms with van der Waals surface area (Å²) < 4.78 is 6.40. The van der Waals surface area contributed by atoms with E-state index in [0.29, 0.717) is 6.61 Å². The fraction of sp³-hybridized carbons (Fsp3) is 0.214. The molecule has 0 radical (unpaired) electrons. The molecule has 4 aromatic carbocycles. The minimum absolute atomic E-state index is 0.219. The molecular formula is C28H28O2. The lowest BCUT2D eigenvalue weighted by atomic mass is 9.77. The van der Waals surface area contributed by atoms with Crippen molar-refractivity contribution in [3.05, 3.63) is 120 Å². The fourth-order valence-electron chi connectivity index (χ4n) is 4.14. The second-order valence-electron chi connectivity index (χ2n) is 8.32. The van der Waals surface area contributed by atoms with Crippen LogP contribution < -0.4 is 0 Å². The maximum atomic E-state index is 11.5. The second kappa shape index (κ2) is 8.83. The van der Waals surface area contributed by atoms with Crippen LogP contribution in [-0.4, -0.2) is 10.7 Å². The summed E-state index contributed by atoms with van der Waals surface area (Å²) in [6.07, 6.45) is -0.692. The third kappa shape index (κ3) is 4.46. The first-order valence-electron chi connectivity index (χ1n) is 10.4. The quantitative estimate of drug-likeness (QED) is 0.379. The Morgan fingerprint density at radius 1 is 0.700 bits per heavy atom. The average molecular weight is 397 g/mol. The van der Waals surface area contributed by atoms with Crippen LogP contribution in [0.3, 0.4) is 0 Å². The van der Waals surface area contributed by atoms with Crippen LogP contribution in [0.4, 0.5) is 0 Å². The molecule has 0 aliphatic heterocycles. The van der Waals surface area contributed by atoms with Gasteiger partial charge in [-0.2, -0.15) is 0 Å². The fourth-order valence-corrected chi connectivity index (χ4v) is 4.14. The molecule has 4 rings (SSSR count). The van der Waals surface area contributed by atoms with Gasteiger partial charge in [0.15, 0.2) is 0 Å². The highest BCUT2D eigenvalue weighted by molar-refractivity contribution is 5.83. The van der Waals surface area contributed by atoms with Gasteiger partial charge in [0, 0.05) is 5.92 Å². The highest BCUT2D eigenvalue weighted by Crippen LogP contribution is 2.42. The van der Waals surface area contributed by atoms with Crippen molar-refractivity contribution >= 4 is 10.8 Å². The predicted octanol–water partition coefficient (Wildman–Crippen LogP) is 6.65. The van der Waals surface area contributed by atoms with Crippen LogP contribution >= 0.6 is 0 Å². The second-order valence-corrected chi connectivity index (χ2v) is 8.32. The summed E-state index contributed by atoms with van der Waals surface area (Å²) in [6, 6.07) is 34.8. The minimum atomic E-state index is -0.692. The molecule has 0 amide bonds. The average Bonchev–Trinajstić information content (AvgIpc) is 2.79. The number of hydrogen-bond donors (Lipinski definition) is 1. The van der Waals surface area contributed by atoms with Gasteiger partial charge in [-0.05, 0) is 47.4 Å². The van der Waals surface area contributed by atoms with Crippen molar-refractivity contribution in [3.8, 4) is 0 Å². The predicted molar refractivity (Wildman–Crippen MR) is 123 cm³/mol. The molecule has 0 spiro atoms. The van der Waals surface area contributed by atoms with E-state index >= 15 is 0 Å². The third-order valence-electron chi connectivity index (χ3n) is 5.79. The summed E-state index contributed by atoms with van der Waals surface area (Å²) >= 11 is 0. The molecule has 0 aromatic heterocycles. The van der Waals surface area contributed by atoms with Gasteiger partial charge >= 0.3 is 0 Å². The van der Waals surface area contributed by atoms with E-state index in [1.165, 1.54) is 5.39 Å². The summed E-state index contributed by atoms with van der Waals surface area (Å²) in [5.41, 5.74) is 2.51. The first-order chi connectivity index (χ1) is 14.5. The normalized spacial score (nSPS) is 13.8. The van der Waals surface area contributed by atoms with Gasteiger partial charge in [0.25, 0.3) is 0 Å². The molecule has 30 heavy (non-hydrogen) atoms. The summed E-state index contributed by atoms with van der Waals surface area (Å²) in [6.45, 7) is 4.64. The molecule has 2 heteroatoms. The first kappa shape index (κ1) is 20.3. The van der Waals surface area contributed by atoms with Gasteiger partial charge in [0.05, 0.1) is 18.3 Å². The third-order valence-corrected chi connectivity index (χ3v) is 5.79. The van der Waals surface area contributed by atoms with Crippen LogP contribution in [0.15, 0.2) is 103 Å². The van der Waals surface area contributed by atoms with E-state index in [0.717, 1.165) is 22.1 Å². The van der Waals surface area contributed by atoms with Crippen molar-refractivity contribution < 1.29 is 9.84 Å². The first-order valence-corrected chi connectivity index (χ1v) is 10.4. The van der Waals surface area contributed by atoms with E-state index < -0.39 is 11.7 Å². The van der Waals surface area contributed by atoms with Crippen LogP contribution in [-0.2, 0) is 11.3 Å². The van der Waals surface area contributed by atoms with Crippen molar-refractivity contribution in [3.63, 3.8) is 0 Å². The lowest BCUT2D eigenvalue weighted by Crippen LogP contribution is -2.36. The topological polar surface area (TPSA) is 29.5 Å². The van der Waals surface area contributed by atoms with Crippen LogP contribution in [0.1, 0.15) is 42.6 Å². The summed E-state index contributed by atoms with van der Waals surface area (Å²) in [4.78, 5) is 0. The molecule has 0 saturated carbocycles. The molecule has 1 N–H and O–H groups in total. The van der Waals surface area contributed by atoms with E-state index in [-0.39, 0.29) is 5.92 Å². The summed E-state index contributed by atoms with van der Waals surface area (Å²) in [5, 5.41) is 13.8. The van der Waals surface area contributed by atoms with Crippen LogP contribution in [0, 0.1) is 0 Å². The molecule has 152 valence electrons. The van der Waals surface area contributed by atoms with E-state index in [9.17, 15) is 5.11 Å². The van der Waals surface area contributed by atoms with Gasteiger partial charge in [-0.25, -0.2) is 0 Å². The van der Waals surface area contributed by atoms with Gasteiger partial charge in [0.2, 0.25) is 0 Å². The van der Waals surface area contributed by atoms with E-state index in [4.69, 9.17) is 4.74 Å². The SMILES string of the molecule is CC(C)(OCc1ccccc1)C(c1ccccc1)C(O)c1ccc2ccccc2c1. The number of fused-ring (bicyclic) bond motifs is 1. The molecule has 2 nitrogen and oxygen atoms in total. The Balaban J connectivity index is 1.68. The molecular weight excluding hydrogens is 368 g/mol. The highest BCUT2D eigenvalue weighted by atomic mass is 16.5. The molecule has 2 unspecified atom stereocenters. The molecule has 0 bridgehead atoms. The van der Waals surface area contributed by atoms with Gasteiger partial charge in [-0.15, -0.1) is 0 Å². The van der Waals surface area contributed by atoms with E-state index in [1.54, 1.807) is 0 Å². The number of hydrogen-bond acceptors (Lipinski definition) is 2. The highest BCUT2D eigenvalue weighted by Gasteiger charge is 2.38. The van der Waals surface area contributed by atoms with Gasteiger partial charge < -0.3 is 9.84 Å². The van der Waals surface area contributed by atoms with Crippen LogP contribution in [0.2, 0.25) is 0 Å². The van der Waals surface area contributed by atoms with Crippen molar-refractivity contribution in [1.82, 2.24) is 0 Å². The Hall–Kier alpha value is -2.94. The smallest absolute Gasteiger partial charge is 0.0886 e. The monoisotopic (exact) mass is 396 g/mol. The number of aliphatic hydroxyl groups excluding tert-OH is 1. The Morgan fingerprint density at radius 2 is 1.30 bits per heavy atom. The zero-order valence-corrected chi connectivity index (χ0v) is 17.5. The molecule has 4 aromatic rings. The van der Waals surface area contributed by atoms with Crippen molar-refractivity contribution in [2.45, 2.75) is 38.1 Å². The number of benzene rings is 4. The lowest BCUT2D eigenvalue weighted by molar-refractivity contribution is -0.0784. The zero-order chi connectivity index (χ0) is 21.0. The van der Waals surface area contributed by atoms with Crippen LogP contribution in [0.5, 0.6) is 0 Å². The summed E-state index contributed by atoms with van der Waals surface area (Å²) in [5.74, 6) is -0.219. The van der Waals surface area contributed by atoms with Crippen molar-refractivity contribution in [2.75, 3.05) is 0 Å². The molecule has 0 heterocycles. The lowest BCUT2D eigenvalue weighted by Gasteiger charge is -2.38. The Morgan fingerprint density at radius 3 is 2.00 bits per heavy atom. The van der Waals surface area contributed by atoms with Crippen molar-refractivity contribution in [2.24, 2.45) is 0 Å². The largest absolute Gasteiger partial charge is 0.388 e. The minimum Gasteiger partial charge on any atom is -0.388 e. The van der Waals surface area contributed by atoms with Gasteiger partial charge in [-0.1, -0.05) is 97.1 Å². The standard InChI is InChI=1S/C28H28O2/c1-28(2,30-20-21-11-5-3-6-12-21)26(23-14-7-4-8-15-23)27(29)25-18-17-22-13-9-10-16-24(22)19-25/h3-19,26-27,29H,20H2,1-2H3. The number of ether oxygens (including phenoxy) is 1. The summed E-state index contributed by atoms with van der Waals surface area (Å²) in [7, 11) is 0. The van der Waals surface area contributed by atoms with E-state index in [1.807, 2.05) is 54.6 Å². The molecule has 0 saturated heterocycles. The maximum Gasteiger partial charge on any atom is 0.0886 e. The van der Waals surface area contributed by atoms with Gasteiger partial charge in [-0.3, -0.25) is 0 Å². The Bertz CT molecular complexity index is 1090. The van der Waals surface area contributed by atoms with E-state index in [2.05, 4.69) is 62.4 Å². The molecule has 2 atom stereocenters. The van der Waals surface area contributed by atoms with Crippen molar-refractivity contribution in [1.29, 1.82) is 0 Å². The Kier molecular flexibility index (Phi) is 5.98. The Labute approximate surface area is 178 Å². The molecule has 0 aliphatic carbocycles. The molecule has 0 fully saturated rings. The zero-order valence-electron chi connectivity index (χ0n) is 17.5. The number of aliphatic hydroxyl groups is 1. The number of rotatable bonds is 7. The molecule has 0 aliphatic rings. The van der Waals surface area contributed by atoms with Crippen LogP contribution in [0.25, 0.3) is 10.8 Å².